The zero-order valence-electron chi connectivity index (χ0n) is 10.9. The second-order valence-corrected chi connectivity index (χ2v) is 5.14. The number of nitriles is 1. The Kier molecular flexibility index (Phi) is 4.01. The van der Waals surface area contributed by atoms with Crippen molar-refractivity contribution in [2.45, 2.75) is 23.8 Å². The van der Waals surface area contributed by atoms with Gasteiger partial charge in [-0.15, -0.1) is 5.10 Å². The molecule has 1 heterocycles. The van der Waals surface area contributed by atoms with Gasteiger partial charge in [0.1, 0.15) is 11.1 Å². The average molecular weight is 285 g/mol. The van der Waals surface area contributed by atoms with Crippen LogP contribution in [0.2, 0.25) is 0 Å². The third kappa shape index (κ3) is 2.63. The Morgan fingerprint density at radius 3 is 2.65 bits per heavy atom. The summed E-state index contributed by atoms with van der Waals surface area (Å²) < 4.78 is 0. The van der Waals surface area contributed by atoms with Crippen LogP contribution in [0.1, 0.15) is 27.2 Å². The molecule has 0 saturated heterocycles. The van der Waals surface area contributed by atoms with Crippen LogP contribution in [0.5, 0.6) is 0 Å². The molecule has 2 aromatic rings. The lowest BCUT2D eigenvalue weighted by Gasteiger charge is -2.08. The van der Waals surface area contributed by atoms with Gasteiger partial charge in [0.2, 0.25) is 0 Å². The van der Waals surface area contributed by atoms with Crippen molar-refractivity contribution in [1.29, 1.82) is 5.26 Å². The number of carboxylic acid groups (broad SMARTS) is 1. The Labute approximate surface area is 120 Å². The van der Waals surface area contributed by atoms with Crippen molar-refractivity contribution in [1.82, 2.24) is 10.2 Å². The first-order valence-electron chi connectivity index (χ1n) is 5.78. The van der Waals surface area contributed by atoms with E-state index in [-0.39, 0.29) is 5.56 Å². The summed E-state index contributed by atoms with van der Waals surface area (Å²) in [6.07, 6.45) is 0. The molecule has 0 saturated carbocycles. The quantitative estimate of drug-likeness (QED) is 0.933. The minimum atomic E-state index is -1.01. The molecule has 0 unspecified atom stereocenters. The number of rotatable bonds is 3. The fourth-order valence-electron chi connectivity index (χ4n) is 1.63. The molecule has 0 aliphatic heterocycles. The molecule has 1 N–H and O–H groups in total. The van der Waals surface area contributed by atoms with Crippen molar-refractivity contribution in [3.63, 3.8) is 0 Å². The maximum Gasteiger partial charge on any atom is 0.336 e. The zero-order chi connectivity index (χ0) is 14.7. The summed E-state index contributed by atoms with van der Waals surface area (Å²) in [5.41, 5.74) is 2.07. The molecule has 100 valence electrons. The molecule has 0 aliphatic carbocycles. The molecule has 1 aromatic heterocycles. The highest BCUT2D eigenvalue weighted by Crippen LogP contribution is 2.32. The summed E-state index contributed by atoms with van der Waals surface area (Å²) in [6, 6.07) is 8.71. The van der Waals surface area contributed by atoms with Crippen molar-refractivity contribution >= 4 is 17.7 Å². The van der Waals surface area contributed by atoms with E-state index in [0.29, 0.717) is 21.2 Å². The van der Waals surface area contributed by atoms with Crippen LogP contribution in [0.15, 0.2) is 34.2 Å². The van der Waals surface area contributed by atoms with Gasteiger partial charge >= 0.3 is 5.97 Å². The maximum absolute atomic E-state index is 11.2. The van der Waals surface area contributed by atoms with Gasteiger partial charge in [-0.25, -0.2) is 4.79 Å². The largest absolute Gasteiger partial charge is 0.478 e. The molecule has 0 amide bonds. The second kappa shape index (κ2) is 5.72. The molecule has 0 atom stereocenters. The SMILES string of the molecule is Cc1nnc(Sc2ccccc2C(=O)O)c(C#N)c1C. The van der Waals surface area contributed by atoms with E-state index < -0.39 is 5.97 Å². The first-order chi connectivity index (χ1) is 9.54. The van der Waals surface area contributed by atoms with Gasteiger partial charge in [0.15, 0.2) is 0 Å². The molecule has 0 bridgehead atoms. The molecule has 0 spiro atoms. The summed E-state index contributed by atoms with van der Waals surface area (Å²) in [5, 5.41) is 26.8. The maximum atomic E-state index is 11.2. The van der Waals surface area contributed by atoms with E-state index in [9.17, 15) is 10.1 Å². The summed E-state index contributed by atoms with van der Waals surface area (Å²) in [7, 11) is 0. The van der Waals surface area contributed by atoms with E-state index in [0.717, 1.165) is 17.3 Å². The number of aromatic nitrogens is 2. The minimum absolute atomic E-state index is 0.182. The lowest BCUT2D eigenvalue weighted by atomic mass is 10.1. The second-order valence-electron chi connectivity index (χ2n) is 4.11. The molecular weight excluding hydrogens is 274 g/mol. The van der Waals surface area contributed by atoms with Crippen LogP contribution < -0.4 is 0 Å². The monoisotopic (exact) mass is 285 g/mol. The molecule has 6 heteroatoms. The van der Waals surface area contributed by atoms with E-state index in [1.54, 1.807) is 32.0 Å². The lowest BCUT2D eigenvalue weighted by Crippen LogP contribution is -2.01. The Morgan fingerprint density at radius 1 is 1.30 bits per heavy atom. The fourth-order valence-corrected chi connectivity index (χ4v) is 2.63. The molecular formula is C14H11N3O2S. The number of nitrogens with zero attached hydrogens (tertiary/aromatic N) is 3. The highest BCUT2D eigenvalue weighted by atomic mass is 32.2. The van der Waals surface area contributed by atoms with Gasteiger partial charge in [-0.2, -0.15) is 10.4 Å². The van der Waals surface area contributed by atoms with Gasteiger partial charge in [-0.1, -0.05) is 23.9 Å². The van der Waals surface area contributed by atoms with Gasteiger partial charge in [0, 0.05) is 4.90 Å². The first kappa shape index (κ1) is 14.0. The predicted molar refractivity (Wildman–Crippen MR) is 73.7 cm³/mol. The van der Waals surface area contributed by atoms with Crippen LogP contribution in [0.3, 0.4) is 0 Å². The summed E-state index contributed by atoms with van der Waals surface area (Å²) in [5.74, 6) is -1.01. The molecule has 20 heavy (non-hydrogen) atoms. The van der Waals surface area contributed by atoms with Crippen LogP contribution in [0.25, 0.3) is 0 Å². The van der Waals surface area contributed by atoms with Crippen molar-refractivity contribution in [2.24, 2.45) is 0 Å². The molecule has 2 rings (SSSR count). The molecule has 0 aliphatic rings. The standard InChI is InChI=1S/C14H11N3O2S/c1-8-9(2)16-17-13(11(8)7-15)20-12-6-4-3-5-10(12)14(18)19/h3-6H,1-2H3,(H,18,19). The molecule has 1 aromatic carbocycles. The van der Waals surface area contributed by atoms with E-state index in [1.807, 2.05) is 0 Å². The van der Waals surface area contributed by atoms with E-state index in [1.165, 1.54) is 6.07 Å². The normalized spacial score (nSPS) is 10.1. The number of hydrogen-bond donors (Lipinski definition) is 1. The van der Waals surface area contributed by atoms with Crippen LogP contribution in [0, 0.1) is 25.2 Å². The summed E-state index contributed by atoms with van der Waals surface area (Å²) >= 11 is 1.14. The van der Waals surface area contributed by atoms with Gasteiger partial charge in [-0.3, -0.25) is 0 Å². The molecule has 0 radical (unpaired) electrons. The fraction of sp³-hybridized carbons (Fsp3) is 0.143. The Bertz CT molecular complexity index is 723. The lowest BCUT2D eigenvalue weighted by molar-refractivity contribution is 0.0693. The van der Waals surface area contributed by atoms with Crippen LogP contribution >= 0.6 is 11.8 Å². The van der Waals surface area contributed by atoms with Gasteiger partial charge in [-0.05, 0) is 31.5 Å². The van der Waals surface area contributed by atoms with Crippen molar-refractivity contribution < 1.29 is 9.90 Å². The third-order valence-corrected chi connectivity index (χ3v) is 3.91. The van der Waals surface area contributed by atoms with Crippen LogP contribution in [-0.4, -0.2) is 21.3 Å². The van der Waals surface area contributed by atoms with Crippen LogP contribution in [0.4, 0.5) is 0 Å². The number of carbonyl (C=O) groups is 1. The minimum Gasteiger partial charge on any atom is -0.478 e. The Hall–Kier alpha value is -2.39. The van der Waals surface area contributed by atoms with Gasteiger partial charge in [0.25, 0.3) is 0 Å². The topological polar surface area (TPSA) is 86.9 Å². The van der Waals surface area contributed by atoms with E-state index >= 15 is 0 Å². The van der Waals surface area contributed by atoms with E-state index in [2.05, 4.69) is 16.3 Å². The van der Waals surface area contributed by atoms with Gasteiger partial charge < -0.3 is 5.11 Å². The summed E-state index contributed by atoms with van der Waals surface area (Å²) in [4.78, 5) is 11.7. The summed E-state index contributed by atoms with van der Waals surface area (Å²) in [6.45, 7) is 3.58. The van der Waals surface area contributed by atoms with Gasteiger partial charge in [0.05, 0.1) is 16.8 Å². The van der Waals surface area contributed by atoms with E-state index in [4.69, 9.17) is 5.11 Å². The van der Waals surface area contributed by atoms with Crippen molar-refractivity contribution in [3.8, 4) is 6.07 Å². The molecule has 0 fully saturated rings. The Morgan fingerprint density at radius 2 is 2.00 bits per heavy atom. The number of carboxylic acids is 1. The zero-order valence-corrected chi connectivity index (χ0v) is 11.7. The van der Waals surface area contributed by atoms with Crippen LogP contribution in [-0.2, 0) is 0 Å². The number of aryl methyl sites for hydroxylation is 1. The third-order valence-electron chi connectivity index (χ3n) is 2.86. The number of hydrogen-bond acceptors (Lipinski definition) is 5. The van der Waals surface area contributed by atoms with Crippen molar-refractivity contribution in [2.75, 3.05) is 0 Å². The highest BCUT2D eigenvalue weighted by Gasteiger charge is 2.16. The predicted octanol–water partition coefficient (Wildman–Crippen LogP) is 2.81. The smallest absolute Gasteiger partial charge is 0.336 e. The number of benzene rings is 1. The van der Waals surface area contributed by atoms with Crippen molar-refractivity contribution in [3.05, 3.63) is 46.6 Å². The number of aromatic carboxylic acids is 1. The Balaban J connectivity index is 2.49. The molecule has 5 nitrogen and oxygen atoms in total. The highest BCUT2D eigenvalue weighted by molar-refractivity contribution is 7.99. The average Bonchev–Trinajstić information content (AvgIpc) is 2.43. The first-order valence-corrected chi connectivity index (χ1v) is 6.60.